The zero-order valence-corrected chi connectivity index (χ0v) is 15.0. The number of aromatic nitrogens is 1. The van der Waals surface area contributed by atoms with Crippen LogP contribution in [0, 0.1) is 0 Å². The molecule has 1 aromatic heterocycles. The highest BCUT2D eigenvalue weighted by Crippen LogP contribution is 2.21. The summed E-state index contributed by atoms with van der Waals surface area (Å²) in [6.07, 6.45) is 1.80. The highest BCUT2D eigenvalue weighted by molar-refractivity contribution is 14.0. The Hall–Kier alpha value is -1.41. The quantitative estimate of drug-likeness (QED) is 0.342. The van der Waals surface area contributed by atoms with Crippen molar-refractivity contribution < 1.29 is 0 Å². The Morgan fingerprint density at radius 3 is 2.76 bits per heavy atom. The summed E-state index contributed by atoms with van der Waals surface area (Å²) < 4.78 is 0. The summed E-state index contributed by atoms with van der Waals surface area (Å²) in [4.78, 5) is 8.75. The van der Waals surface area contributed by atoms with Crippen molar-refractivity contribution in [2.45, 2.75) is 6.54 Å². The van der Waals surface area contributed by atoms with Gasteiger partial charge in [0.25, 0.3) is 0 Å². The van der Waals surface area contributed by atoms with Crippen LogP contribution >= 0.6 is 35.3 Å². The summed E-state index contributed by atoms with van der Waals surface area (Å²) >= 11 is 1.64. The number of thiazole rings is 1. The molecular formula is C15H19IN4S. The molecule has 0 saturated heterocycles. The fraction of sp³-hybridized carbons (Fsp3) is 0.200. The number of nitrogens with zero attached hydrogens (tertiary/aromatic N) is 2. The molecular weight excluding hydrogens is 395 g/mol. The minimum absolute atomic E-state index is 0. The van der Waals surface area contributed by atoms with Crippen molar-refractivity contribution >= 4 is 41.3 Å². The van der Waals surface area contributed by atoms with Crippen molar-refractivity contribution in [1.82, 2.24) is 15.6 Å². The van der Waals surface area contributed by atoms with E-state index in [4.69, 9.17) is 0 Å². The molecule has 0 atom stereocenters. The van der Waals surface area contributed by atoms with Crippen LogP contribution in [-0.4, -0.2) is 24.5 Å². The van der Waals surface area contributed by atoms with Crippen LogP contribution in [0.1, 0.15) is 5.01 Å². The van der Waals surface area contributed by atoms with E-state index < -0.39 is 0 Å². The highest BCUT2D eigenvalue weighted by Gasteiger charge is 2.04. The van der Waals surface area contributed by atoms with E-state index in [0.717, 1.165) is 22.2 Å². The lowest BCUT2D eigenvalue weighted by molar-refractivity contribution is 0.841. The number of benzene rings is 1. The van der Waals surface area contributed by atoms with Crippen LogP contribution in [0.25, 0.3) is 11.3 Å². The summed E-state index contributed by atoms with van der Waals surface area (Å²) in [6.45, 7) is 5.01. The van der Waals surface area contributed by atoms with Crippen LogP contribution in [-0.2, 0) is 6.54 Å². The van der Waals surface area contributed by atoms with Gasteiger partial charge in [0.2, 0.25) is 0 Å². The van der Waals surface area contributed by atoms with Gasteiger partial charge in [-0.2, -0.15) is 0 Å². The van der Waals surface area contributed by atoms with Gasteiger partial charge in [-0.1, -0.05) is 36.4 Å². The molecule has 2 N–H and O–H groups in total. The predicted molar refractivity (Wildman–Crippen MR) is 101 cm³/mol. The second-order valence-electron chi connectivity index (χ2n) is 4.09. The fourth-order valence-electron chi connectivity index (χ4n) is 1.68. The Labute approximate surface area is 146 Å². The van der Waals surface area contributed by atoms with Gasteiger partial charge in [0, 0.05) is 24.5 Å². The molecule has 0 saturated carbocycles. The van der Waals surface area contributed by atoms with E-state index in [-0.39, 0.29) is 24.0 Å². The van der Waals surface area contributed by atoms with Crippen molar-refractivity contribution in [2.75, 3.05) is 13.6 Å². The molecule has 0 aliphatic heterocycles. The SMILES string of the molecule is C=CCNC(=NC)NCc1nc(-c2ccccc2)cs1.I. The normalized spacial score (nSPS) is 10.6. The number of halogens is 1. The molecule has 0 fully saturated rings. The Bertz CT molecular complexity index is 580. The van der Waals surface area contributed by atoms with Gasteiger partial charge in [-0.05, 0) is 0 Å². The molecule has 0 bridgehead atoms. The summed E-state index contributed by atoms with van der Waals surface area (Å²) in [5.74, 6) is 0.751. The first-order valence-electron chi connectivity index (χ1n) is 6.38. The summed E-state index contributed by atoms with van der Waals surface area (Å²) in [6, 6.07) is 10.2. The number of aliphatic imine (C=N–C) groups is 1. The molecule has 0 aliphatic rings. The van der Waals surface area contributed by atoms with Gasteiger partial charge < -0.3 is 10.6 Å². The smallest absolute Gasteiger partial charge is 0.191 e. The molecule has 2 rings (SSSR count). The maximum absolute atomic E-state index is 4.62. The topological polar surface area (TPSA) is 49.3 Å². The van der Waals surface area contributed by atoms with E-state index in [1.54, 1.807) is 24.5 Å². The average molecular weight is 414 g/mol. The minimum atomic E-state index is 0. The lowest BCUT2D eigenvalue weighted by atomic mass is 10.2. The van der Waals surface area contributed by atoms with E-state index in [0.29, 0.717) is 13.1 Å². The maximum atomic E-state index is 4.62. The van der Waals surface area contributed by atoms with E-state index in [9.17, 15) is 0 Å². The molecule has 0 spiro atoms. The monoisotopic (exact) mass is 414 g/mol. The number of nitrogens with one attached hydrogen (secondary N) is 2. The third-order valence-electron chi connectivity index (χ3n) is 2.67. The second kappa shape index (κ2) is 9.51. The van der Waals surface area contributed by atoms with Crippen molar-refractivity contribution in [1.29, 1.82) is 0 Å². The highest BCUT2D eigenvalue weighted by atomic mass is 127. The molecule has 21 heavy (non-hydrogen) atoms. The van der Waals surface area contributed by atoms with E-state index in [2.05, 4.69) is 44.7 Å². The number of guanidine groups is 1. The van der Waals surface area contributed by atoms with Gasteiger partial charge >= 0.3 is 0 Å². The van der Waals surface area contributed by atoms with Crippen LogP contribution < -0.4 is 10.6 Å². The molecule has 0 radical (unpaired) electrons. The molecule has 1 aromatic carbocycles. The average Bonchev–Trinajstić information content (AvgIpc) is 2.97. The fourth-order valence-corrected chi connectivity index (χ4v) is 2.43. The zero-order chi connectivity index (χ0) is 14.2. The number of hydrogen-bond acceptors (Lipinski definition) is 3. The Kier molecular flexibility index (Phi) is 7.99. The summed E-state index contributed by atoms with van der Waals surface area (Å²) in [5, 5.41) is 9.46. The lowest BCUT2D eigenvalue weighted by Crippen LogP contribution is -2.36. The Balaban J connectivity index is 0.00000220. The van der Waals surface area contributed by atoms with Gasteiger partial charge in [-0.3, -0.25) is 4.99 Å². The molecule has 2 aromatic rings. The van der Waals surface area contributed by atoms with Crippen molar-refractivity contribution in [3.63, 3.8) is 0 Å². The lowest BCUT2D eigenvalue weighted by Gasteiger charge is -2.08. The third kappa shape index (κ3) is 5.47. The van der Waals surface area contributed by atoms with E-state index in [1.807, 2.05) is 18.2 Å². The largest absolute Gasteiger partial charge is 0.353 e. The summed E-state index contributed by atoms with van der Waals surface area (Å²) in [7, 11) is 1.75. The Morgan fingerprint density at radius 2 is 2.10 bits per heavy atom. The number of hydrogen-bond donors (Lipinski definition) is 2. The molecule has 6 heteroatoms. The van der Waals surface area contributed by atoms with Crippen LogP contribution in [0.5, 0.6) is 0 Å². The van der Waals surface area contributed by atoms with E-state index >= 15 is 0 Å². The van der Waals surface area contributed by atoms with Crippen LogP contribution in [0.15, 0.2) is 53.4 Å². The van der Waals surface area contributed by atoms with Gasteiger partial charge in [0.1, 0.15) is 5.01 Å². The van der Waals surface area contributed by atoms with Crippen molar-refractivity contribution in [3.8, 4) is 11.3 Å². The molecule has 112 valence electrons. The second-order valence-corrected chi connectivity index (χ2v) is 5.03. The maximum Gasteiger partial charge on any atom is 0.191 e. The van der Waals surface area contributed by atoms with Crippen LogP contribution in [0.2, 0.25) is 0 Å². The van der Waals surface area contributed by atoms with Crippen molar-refractivity contribution in [2.24, 2.45) is 4.99 Å². The third-order valence-corrected chi connectivity index (χ3v) is 3.51. The predicted octanol–water partition coefficient (Wildman–Crippen LogP) is 3.28. The summed E-state index contributed by atoms with van der Waals surface area (Å²) in [5.41, 5.74) is 2.16. The molecule has 0 aliphatic carbocycles. The first-order valence-corrected chi connectivity index (χ1v) is 7.26. The zero-order valence-electron chi connectivity index (χ0n) is 11.9. The molecule has 0 amide bonds. The molecule has 4 nitrogen and oxygen atoms in total. The molecule has 1 heterocycles. The molecule has 0 unspecified atom stereocenters. The standard InChI is InChI=1S/C15H18N4S.HI/c1-3-9-17-15(16-2)18-10-14-19-13(11-20-14)12-7-5-4-6-8-12;/h3-8,11H,1,9-10H2,2H3,(H2,16,17,18);1H. The van der Waals surface area contributed by atoms with Gasteiger partial charge in [-0.25, -0.2) is 4.98 Å². The van der Waals surface area contributed by atoms with Gasteiger partial charge in [-0.15, -0.1) is 41.9 Å². The first-order chi connectivity index (χ1) is 9.83. The van der Waals surface area contributed by atoms with E-state index in [1.165, 1.54) is 0 Å². The number of rotatable bonds is 5. The van der Waals surface area contributed by atoms with Crippen LogP contribution in [0.4, 0.5) is 0 Å². The van der Waals surface area contributed by atoms with Crippen molar-refractivity contribution in [3.05, 3.63) is 53.4 Å². The van der Waals surface area contributed by atoms with Gasteiger partial charge in [0.05, 0.1) is 12.2 Å². The first kappa shape index (κ1) is 17.6. The van der Waals surface area contributed by atoms with Crippen LogP contribution in [0.3, 0.4) is 0 Å². The van der Waals surface area contributed by atoms with Gasteiger partial charge in [0.15, 0.2) is 5.96 Å². The Morgan fingerprint density at radius 1 is 1.33 bits per heavy atom. The minimum Gasteiger partial charge on any atom is -0.353 e.